The molecule has 0 saturated heterocycles. The van der Waals surface area contributed by atoms with Crippen molar-refractivity contribution in [3.63, 3.8) is 0 Å². The first-order valence-electron chi connectivity index (χ1n) is 15.1. The molecule has 6 nitrogen and oxygen atoms in total. The number of rotatable bonds is 6. The Balaban J connectivity index is 1.35. The monoisotopic (exact) mass is 598 g/mol. The zero-order chi connectivity index (χ0) is 30.5. The Morgan fingerprint density at radius 3 is 1.07 bits per heavy atom. The molecule has 0 aliphatic carbocycles. The average molecular weight is 598 g/mol. The lowest BCUT2D eigenvalue weighted by atomic mass is 9.66. The van der Waals surface area contributed by atoms with Gasteiger partial charge in [-0.15, -0.1) is 0 Å². The molecule has 0 spiro atoms. The first-order chi connectivity index (χ1) is 22.8. The van der Waals surface area contributed by atoms with Gasteiger partial charge in [0, 0.05) is 21.7 Å². The number of hydrogen-bond acceptors (Lipinski definition) is 6. The zero-order valence-corrected chi connectivity index (χ0v) is 24.5. The second-order valence-corrected chi connectivity index (χ2v) is 11.0. The van der Waals surface area contributed by atoms with Crippen LogP contribution < -0.4 is 39.0 Å². The van der Waals surface area contributed by atoms with Gasteiger partial charge in [0.2, 0.25) is 0 Å². The fourth-order valence-corrected chi connectivity index (χ4v) is 6.26. The second-order valence-electron chi connectivity index (χ2n) is 11.0. The lowest BCUT2D eigenvalue weighted by molar-refractivity contribution is 0.486. The Bertz CT molecular complexity index is 2030. The highest BCUT2D eigenvalue weighted by Crippen LogP contribution is 2.41. The molecule has 7 aromatic carbocycles. The highest BCUT2D eigenvalue weighted by molar-refractivity contribution is 6.75. The lowest BCUT2D eigenvalue weighted by Gasteiger charge is -2.22. The van der Waals surface area contributed by atoms with Crippen LogP contribution in [0.1, 0.15) is 0 Å². The summed E-state index contributed by atoms with van der Waals surface area (Å²) in [6.07, 6.45) is 0. The fourth-order valence-electron chi connectivity index (χ4n) is 6.26. The van der Waals surface area contributed by atoms with Gasteiger partial charge in [-0.1, -0.05) is 84.9 Å². The molecular formula is C38H24B2O6. The highest BCUT2D eigenvalue weighted by Gasteiger charge is 2.43. The standard InChI is InChI=1S/C38H24B2O6/c1-3-13-25(14-4-1)41-33-23-11-17-27-35(33)37(39-43-29-19-7-8-20-30(29)44-39)28-18-12-24-34(42-26-15-5-2-6-16-26)36(28)38(27)40-45-31-21-9-10-22-32(31)46-40/h1-24H. The Morgan fingerprint density at radius 2 is 0.696 bits per heavy atom. The molecule has 46 heavy (non-hydrogen) atoms. The quantitative estimate of drug-likeness (QED) is 0.143. The minimum atomic E-state index is -0.758. The van der Waals surface area contributed by atoms with Crippen LogP contribution >= 0.6 is 0 Å². The molecule has 0 atom stereocenters. The molecule has 0 N–H and O–H groups in total. The van der Waals surface area contributed by atoms with Gasteiger partial charge in [-0.25, -0.2) is 0 Å². The summed E-state index contributed by atoms with van der Waals surface area (Å²) in [5.41, 5.74) is 1.62. The molecule has 0 bridgehead atoms. The summed E-state index contributed by atoms with van der Waals surface area (Å²) in [6.45, 7) is 0. The summed E-state index contributed by atoms with van der Waals surface area (Å²) >= 11 is 0. The number of fused-ring (bicyclic) bond motifs is 4. The van der Waals surface area contributed by atoms with E-state index in [-0.39, 0.29) is 0 Å². The maximum Gasteiger partial charge on any atom is 0.634 e. The summed E-state index contributed by atoms with van der Waals surface area (Å²) in [7, 11) is -1.52. The Kier molecular flexibility index (Phi) is 6.23. The topological polar surface area (TPSA) is 55.4 Å². The minimum absolute atomic E-state index is 0.648. The molecule has 2 aliphatic heterocycles. The van der Waals surface area contributed by atoms with Crippen LogP contribution in [0.4, 0.5) is 0 Å². The van der Waals surface area contributed by atoms with E-state index in [4.69, 9.17) is 28.1 Å². The second kappa shape index (κ2) is 10.9. The third-order valence-corrected chi connectivity index (χ3v) is 8.22. The maximum atomic E-state index is 6.60. The fraction of sp³-hybridized carbons (Fsp3) is 0. The lowest BCUT2D eigenvalue weighted by Crippen LogP contribution is -2.45. The van der Waals surface area contributed by atoms with E-state index in [0.29, 0.717) is 46.0 Å². The van der Waals surface area contributed by atoms with Crippen LogP contribution in [-0.2, 0) is 0 Å². The molecule has 0 saturated carbocycles. The third kappa shape index (κ3) is 4.46. The molecular weight excluding hydrogens is 574 g/mol. The molecule has 0 radical (unpaired) electrons. The molecule has 8 heteroatoms. The van der Waals surface area contributed by atoms with Gasteiger partial charge in [-0.3, -0.25) is 0 Å². The number of ether oxygens (including phenoxy) is 2. The van der Waals surface area contributed by atoms with Gasteiger partial charge in [-0.2, -0.15) is 0 Å². The van der Waals surface area contributed by atoms with Gasteiger partial charge >= 0.3 is 14.2 Å². The molecule has 0 amide bonds. The summed E-state index contributed by atoms with van der Waals surface area (Å²) in [4.78, 5) is 0. The van der Waals surface area contributed by atoms with Crippen molar-refractivity contribution in [2.75, 3.05) is 0 Å². The van der Waals surface area contributed by atoms with Crippen molar-refractivity contribution in [3.05, 3.63) is 146 Å². The van der Waals surface area contributed by atoms with Crippen molar-refractivity contribution in [2.24, 2.45) is 0 Å². The molecule has 7 aromatic rings. The average Bonchev–Trinajstić information content (AvgIpc) is 3.73. The summed E-state index contributed by atoms with van der Waals surface area (Å²) in [5, 5.41) is 3.38. The maximum absolute atomic E-state index is 6.60. The Labute approximate surface area is 265 Å². The van der Waals surface area contributed by atoms with Crippen LogP contribution in [0.2, 0.25) is 0 Å². The number of hydrogen-bond donors (Lipinski definition) is 0. The smallest absolute Gasteiger partial charge is 0.519 e. The van der Waals surface area contributed by atoms with Crippen LogP contribution in [0.5, 0.6) is 46.0 Å². The third-order valence-electron chi connectivity index (χ3n) is 8.22. The van der Waals surface area contributed by atoms with Crippen LogP contribution in [0.3, 0.4) is 0 Å². The first-order valence-corrected chi connectivity index (χ1v) is 15.1. The van der Waals surface area contributed by atoms with E-state index in [0.717, 1.165) is 32.5 Å². The van der Waals surface area contributed by atoms with Gasteiger partial charge in [0.05, 0.1) is 0 Å². The van der Waals surface area contributed by atoms with Crippen LogP contribution in [-0.4, -0.2) is 14.2 Å². The van der Waals surface area contributed by atoms with Crippen LogP contribution in [0.25, 0.3) is 21.5 Å². The summed E-state index contributed by atoms with van der Waals surface area (Å²) in [5.74, 6) is 5.41. The molecule has 218 valence electrons. The van der Waals surface area contributed by atoms with E-state index >= 15 is 0 Å². The van der Waals surface area contributed by atoms with Crippen molar-refractivity contribution in [1.82, 2.24) is 0 Å². The van der Waals surface area contributed by atoms with Gasteiger partial charge in [-0.05, 0) is 71.4 Å². The number of benzene rings is 7. The van der Waals surface area contributed by atoms with Gasteiger partial charge < -0.3 is 28.1 Å². The largest absolute Gasteiger partial charge is 0.634 e. The summed E-state index contributed by atoms with van der Waals surface area (Å²) in [6, 6.07) is 46.9. The van der Waals surface area contributed by atoms with Crippen LogP contribution in [0.15, 0.2) is 146 Å². The molecule has 0 aromatic heterocycles. The SMILES string of the molecule is c1ccc(Oc2cccc3c(B4Oc5ccccc5O4)c4c(Oc5ccccc5)cccc4c(B4Oc5ccccc5O4)c23)cc1. The zero-order valence-electron chi connectivity index (χ0n) is 24.5. The molecule has 0 fully saturated rings. The van der Waals surface area contributed by atoms with Gasteiger partial charge in [0.15, 0.2) is 0 Å². The normalized spacial score (nSPS) is 13.0. The first kappa shape index (κ1) is 26.4. The summed E-state index contributed by atoms with van der Waals surface area (Å²) < 4.78 is 39.2. The van der Waals surface area contributed by atoms with E-state index in [1.165, 1.54) is 0 Å². The van der Waals surface area contributed by atoms with Crippen molar-refractivity contribution in [3.8, 4) is 46.0 Å². The van der Waals surface area contributed by atoms with E-state index in [1.807, 2.05) is 133 Å². The highest BCUT2D eigenvalue weighted by atomic mass is 16.6. The van der Waals surface area contributed by atoms with Gasteiger partial charge in [0.25, 0.3) is 0 Å². The predicted molar refractivity (Wildman–Crippen MR) is 181 cm³/mol. The molecule has 2 aliphatic rings. The minimum Gasteiger partial charge on any atom is -0.519 e. The molecule has 9 rings (SSSR count). The molecule has 0 unspecified atom stereocenters. The van der Waals surface area contributed by atoms with E-state index in [2.05, 4.69) is 12.1 Å². The van der Waals surface area contributed by atoms with Gasteiger partial charge in [0.1, 0.15) is 46.0 Å². The van der Waals surface area contributed by atoms with Crippen molar-refractivity contribution >= 4 is 46.7 Å². The molecule has 2 heterocycles. The Hall–Kier alpha value is -6.01. The van der Waals surface area contributed by atoms with E-state index in [9.17, 15) is 0 Å². The van der Waals surface area contributed by atoms with Crippen molar-refractivity contribution < 1.29 is 28.1 Å². The predicted octanol–water partition coefficient (Wildman–Crippen LogP) is 7.91. The van der Waals surface area contributed by atoms with Crippen molar-refractivity contribution in [2.45, 2.75) is 0 Å². The van der Waals surface area contributed by atoms with Crippen molar-refractivity contribution in [1.29, 1.82) is 0 Å². The van der Waals surface area contributed by atoms with E-state index in [1.54, 1.807) is 0 Å². The number of para-hydroxylation sites is 6. The van der Waals surface area contributed by atoms with Crippen LogP contribution in [0, 0.1) is 0 Å². The Morgan fingerprint density at radius 1 is 0.348 bits per heavy atom. The van der Waals surface area contributed by atoms with E-state index < -0.39 is 14.2 Å².